The van der Waals surface area contributed by atoms with Crippen molar-refractivity contribution in [3.05, 3.63) is 58.6 Å². The standard InChI is InChI=1S/C17H13Cl2N5/c1-10-3-5-13(12-6-4-11(18)7-14(12)19)16-15(10)17(23(2)22-16)24-9-20-8-21-24/h3-9H,1-2H3. The van der Waals surface area contributed by atoms with Gasteiger partial charge in [0.1, 0.15) is 18.2 Å². The van der Waals surface area contributed by atoms with Gasteiger partial charge in [-0.15, -0.1) is 0 Å². The Kier molecular flexibility index (Phi) is 3.55. The van der Waals surface area contributed by atoms with Crippen molar-refractivity contribution >= 4 is 34.1 Å². The molecule has 5 nitrogen and oxygen atoms in total. The van der Waals surface area contributed by atoms with E-state index >= 15 is 0 Å². The maximum absolute atomic E-state index is 6.40. The molecule has 4 rings (SSSR count). The predicted octanol–water partition coefficient (Wildman–Crippen LogP) is 4.44. The highest BCUT2D eigenvalue weighted by atomic mass is 35.5. The molecule has 0 atom stereocenters. The zero-order valence-electron chi connectivity index (χ0n) is 13.0. The molecule has 0 spiro atoms. The van der Waals surface area contributed by atoms with Gasteiger partial charge < -0.3 is 0 Å². The first-order valence-corrected chi connectivity index (χ1v) is 8.08. The smallest absolute Gasteiger partial charge is 0.161 e. The lowest BCUT2D eigenvalue weighted by molar-refractivity contribution is 0.706. The minimum Gasteiger partial charge on any atom is -0.250 e. The molecule has 0 aliphatic rings. The lowest BCUT2D eigenvalue weighted by Gasteiger charge is -2.08. The molecule has 0 bridgehead atoms. The summed E-state index contributed by atoms with van der Waals surface area (Å²) in [5, 5.41) is 11.2. The third kappa shape index (κ3) is 2.28. The summed E-state index contributed by atoms with van der Waals surface area (Å²) in [5.74, 6) is 0.868. The number of nitrogens with zero attached hydrogens (tertiary/aromatic N) is 5. The summed E-state index contributed by atoms with van der Waals surface area (Å²) in [7, 11) is 1.89. The Balaban J connectivity index is 2.06. The largest absolute Gasteiger partial charge is 0.250 e. The summed E-state index contributed by atoms with van der Waals surface area (Å²) in [4.78, 5) is 4.04. The van der Waals surface area contributed by atoms with E-state index in [9.17, 15) is 0 Å². The minimum absolute atomic E-state index is 0.598. The minimum atomic E-state index is 0.598. The Morgan fingerprint density at radius 1 is 1.04 bits per heavy atom. The van der Waals surface area contributed by atoms with E-state index in [1.807, 2.05) is 25.2 Å². The van der Waals surface area contributed by atoms with Crippen LogP contribution in [0.2, 0.25) is 10.0 Å². The average Bonchev–Trinajstić information content (AvgIpc) is 3.16. The van der Waals surface area contributed by atoms with Crippen LogP contribution in [0.15, 0.2) is 43.0 Å². The topological polar surface area (TPSA) is 48.5 Å². The Morgan fingerprint density at radius 2 is 1.83 bits per heavy atom. The van der Waals surface area contributed by atoms with Crippen molar-refractivity contribution in [2.45, 2.75) is 6.92 Å². The van der Waals surface area contributed by atoms with Gasteiger partial charge in [0.15, 0.2) is 5.82 Å². The number of hydrogen-bond donors (Lipinski definition) is 0. The fourth-order valence-electron chi connectivity index (χ4n) is 2.94. The summed E-state index contributed by atoms with van der Waals surface area (Å²) in [6.07, 6.45) is 3.17. The van der Waals surface area contributed by atoms with Gasteiger partial charge in [0.2, 0.25) is 0 Å². The molecular formula is C17H13Cl2N5. The molecule has 2 aromatic heterocycles. The molecule has 7 heteroatoms. The van der Waals surface area contributed by atoms with Crippen molar-refractivity contribution in [2.24, 2.45) is 7.05 Å². The Bertz CT molecular complexity index is 1050. The average molecular weight is 358 g/mol. The van der Waals surface area contributed by atoms with Gasteiger partial charge in [-0.25, -0.2) is 14.3 Å². The van der Waals surface area contributed by atoms with Gasteiger partial charge in [-0.05, 0) is 24.6 Å². The second-order valence-electron chi connectivity index (χ2n) is 5.57. The molecule has 0 aliphatic carbocycles. The van der Waals surface area contributed by atoms with Crippen LogP contribution in [0.1, 0.15) is 5.56 Å². The molecule has 2 heterocycles. The lowest BCUT2D eigenvalue weighted by atomic mass is 10.00. The first-order valence-electron chi connectivity index (χ1n) is 7.33. The molecule has 0 saturated carbocycles. The molecule has 0 amide bonds. The van der Waals surface area contributed by atoms with Gasteiger partial charge in [-0.1, -0.05) is 41.4 Å². The van der Waals surface area contributed by atoms with Crippen LogP contribution in [-0.4, -0.2) is 24.5 Å². The van der Waals surface area contributed by atoms with Gasteiger partial charge in [-0.2, -0.15) is 10.2 Å². The SMILES string of the molecule is Cc1ccc(-c2ccc(Cl)cc2Cl)c2nn(C)c(-n3cncn3)c12. The molecule has 2 aromatic carbocycles. The molecule has 0 saturated heterocycles. The normalized spacial score (nSPS) is 11.3. The first-order chi connectivity index (χ1) is 11.6. The van der Waals surface area contributed by atoms with Gasteiger partial charge in [0.25, 0.3) is 0 Å². The second kappa shape index (κ2) is 5.61. The van der Waals surface area contributed by atoms with E-state index in [0.29, 0.717) is 10.0 Å². The van der Waals surface area contributed by atoms with Gasteiger partial charge in [0.05, 0.1) is 5.39 Å². The van der Waals surface area contributed by atoms with Crippen LogP contribution in [-0.2, 0) is 7.05 Å². The number of rotatable bonds is 2. The molecule has 0 radical (unpaired) electrons. The molecule has 0 fully saturated rings. The number of fused-ring (bicyclic) bond motifs is 1. The molecular weight excluding hydrogens is 345 g/mol. The third-order valence-electron chi connectivity index (χ3n) is 4.02. The zero-order valence-corrected chi connectivity index (χ0v) is 14.5. The van der Waals surface area contributed by atoms with E-state index in [1.54, 1.807) is 21.8 Å². The van der Waals surface area contributed by atoms with E-state index < -0.39 is 0 Å². The van der Waals surface area contributed by atoms with Crippen molar-refractivity contribution in [1.82, 2.24) is 24.5 Å². The Morgan fingerprint density at radius 3 is 2.54 bits per heavy atom. The Hall–Kier alpha value is -2.37. The number of halogens is 2. The van der Waals surface area contributed by atoms with E-state index in [1.165, 1.54) is 6.33 Å². The van der Waals surface area contributed by atoms with Crippen molar-refractivity contribution in [3.63, 3.8) is 0 Å². The predicted molar refractivity (Wildman–Crippen MR) is 95.8 cm³/mol. The second-order valence-corrected chi connectivity index (χ2v) is 6.41. The van der Waals surface area contributed by atoms with E-state index in [4.69, 9.17) is 28.3 Å². The number of hydrogen-bond acceptors (Lipinski definition) is 3. The molecule has 4 aromatic rings. The van der Waals surface area contributed by atoms with Crippen molar-refractivity contribution in [1.29, 1.82) is 0 Å². The van der Waals surface area contributed by atoms with Gasteiger partial charge in [-0.3, -0.25) is 0 Å². The van der Waals surface area contributed by atoms with Crippen LogP contribution in [0.25, 0.3) is 27.8 Å². The highest BCUT2D eigenvalue weighted by Crippen LogP contribution is 2.37. The lowest BCUT2D eigenvalue weighted by Crippen LogP contribution is -2.03. The van der Waals surface area contributed by atoms with Crippen LogP contribution in [0.3, 0.4) is 0 Å². The maximum atomic E-state index is 6.40. The monoisotopic (exact) mass is 357 g/mol. The van der Waals surface area contributed by atoms with E-state index in [2.05, 4.69) is 23.1 Å². The summed E-state index contributed by atoms with van der Waals surface area (Å²) in [5.41, 5.74) is 3.83. The fraction of sp³-hybridized carbons (Fsp3) is 0.118. The number of aromatic nitrogens is 5. The molecule has 0 aliphatic heterocycles. The van der Waals surface area contributed by atoms with E-state index in [-0.39, 0.29) is 0 Å². The number of benzene rings is 2. The maximum Gasteiger partial charge on any atom is 0.161 e. The highest BCUT2D eigenvalue weighted by molar-refractivity contribution is 6.36. The third-order valence-corrected chi connectivity index (χ3v) is 4.57. The van der Waals surface area contributed by atoms with Crippen LogP contribution in [0.4, 0.5) is 0 Å². The van der Waals surface area contributed by atoms with E-state index in [0.717, 1.165) is 33.4 Å². The molecule has 120 valence electrons. The van der Waals surface area contributed by atoms with Crippen LogP contribution < -0.4 is 0 Å². The Labute approximate surface area is 148 Å². The molecule has 24 heavy (non-hydrogen) atoms. The number of aryl methyl sites for hydroxylation is 2. The van der Waals surface area contributed by atoms with Gasteiger partial charge in [0, 0.05) is 28.2 Å². The van der Waals surface area contributed by atoms with Crippen molar-refractivity contribution in [2.75, 3.05) is 0 Å². The summed E-state index contributed by atoms with van der Waals surface area (Å²) in [6, 6.07) is 9.58. The van der Waals surface area contributed by atoms with Gasteiger partial charge >= 0.3 is 0 Å². The van der Waals surface area contributed by atoms with Crippen LogP contribution >= 0.6 is 23.2 Å². The van der Waals surface area contributed by atoms with Crippen molar-refractivity contribution < 1.29 is 0 Å². The molecule has 0 N–H and O–H groups in total. The first kappa shape index (κ1) is 15.2. The van der Waals surface area contributed by atoms with Crippen LogP contribution in [0.5, 0.6) is 0 Å². The van der Waals surface area contributed by atoms with Crippen LogP contribution in [0, 0.1) is 6.92 Å². The molecule has 0 unspecified atom stereocenters. The zero-order chi connectivity index (χ0) is 16.8. The summed E-state index contributed by atoms with van der Waals surface area (Å²) in [6.45, 7) is 2.05. The summed E-state index contributed by atoms with van der Waals surface area (Å²) < 4.78 is 3.52. The summed E-state index contributed by atoms with van der Waals surface area (Å²) >= 11 is 12.4. The highest BCUT2D eigenvalue weighted by Gasteiger charge is 2.18. The quantitative estimate of drug-likeness (QED) is 0.532. The van der Waals surface area contributed by atoms with Crippen molar-refractivity contribution in [3.8, 4) is 16.9 Å². The fourth-order valence-corrected chi connectivity index (χ4v) is 3.45.